The van der Waals surface area contributed by atoms with Crippen LogP contribution in [-0.2, 0) is 21.2 Å². The first-order valence-electron chi connectivity index (χ1n) is 11.8. The van der Waals surface area contributed by atoms with Crippen molar-refractivity contribution in [3.05, 3.63) is 53.3 Å². The maximum absolute atomic E-state index is 12.8. The summed E-state index contributed by atoms with van der Waals surface area (Å²) in [6, 6.07) is 9.88. The van der Waals surface area contributed by atoms with E-state index in [1.165, 1.54) is 21.9 Å². The maximum Gasteiger partial charge on any atom is 0.328 e. The highest BCUT2D eigenvalue weighted by atomic mass is 32.2. The molecular weight excluding hydrogens is 482 g/mol. The lowest BCUT2D eigenvalue weighted by atomic mass is 10.1. The Balaban J connectivity index is 1.39. The zero-order valence-electron chi connectivity index (χ0n) is 20.4. The molecule has 0 radical (unpaired) electrons. The lowest BCUT2D eigenvalue weighted by Crippen LogP contribution is -2.50. The number of carbonyl (C=O) groups is 2. The largest absolute Gasteiger partial charge is 0.371 e. The summed E-state index contributed by atoms with van der Waals surface area (Å²) in [7, 11) is -3.83. The van der Waals surface area contributed by atoms with E-state index in [1.807, 2.05) is 18.2 Å². The van der Waals surface area contributed by atoms with Gasteiger partial charge < -0.3 is 15.5 Å². The Morgan fingerprint density at radius 3 is 2.42 bits per heavy atom. The van der Waals surface area contributed by atoms with E-state index in [4.69, 9.17) is 10.9 Å². The summed E-state index contributed by atoms with van der Waals surface area (Å²) in [5, 5.41) is 8.96. The number of nitrogens with two attached hydrogens (primary N) is 1. The Bertz CT molecular complexity index is 1320. The fourth-order valence-corrected chi connectivity index (χ4v) is 5.30. The number of sulfone groups is 1. The Kier molecular flexibility index (Phi) is 7.13. The smallest absolute Gasteiger partial charge is 0.328 e. The van der Waals surface area contributed by atoms with Gasteiger partial charge in [0.15, 0.2) is 14.6 Å². The van der Waals surface area contributed by atoms with E-state index >= 15 is 0 Å². The molecule has 0 bridgehead atoms. The van der Waals surface area contributed by atoms with Crippen LogP contribution in [0.4, 0.5) is 10.5 Å². The molecule has 1 fully saturated rings. The highest BCUT2D eigenvalue weighted by Crippen LogP contribution is 2.26. The number of fused-ring (bicyclic) bond motifs is 1. The number of carbonyl (C=O) groups excluding carboxylic acids is 2. The Labute approximate surface area is 210 Å². The van der Waals surface area contributed by atoms with Crippen molar-refractivity contribution in [2.75, 3.05) is 30.8 Å². The van der Waals surface area contributed by atoms with Gasteiger partial charge in [-0.1, -0.05) is 11.8 Å². The van der Waals surface area contributed by atoms with Crippen molar-refractivity contribution in [3.8, 4) is 11.8 Å². The molecule has 0 spiro atoms. The number of amides is 2. The standard InChI is InChI=1S/C25H31N5O5S/c1-25(23(31)27-33,36(2,34)35)11-14-29-17-22-15-19(16-30(22)24(29)32)4-3-18-5-7-21(8-6-18)28-12-9-20(26)10-13-28/h5-8,15-16,20,33H,9-14,17,26H2,1-2H3,(H,27,31). The second-order valence-electron chi connectivity index (χ2n) is 9.61. The molecule has 1 aromatic carbocycles. The highest BCUT2D eigenvalue weighted by molar-refractivity contribution is 7.92. The van der Waals surface area contributed by atoms with Crippen molar-refractivity contribution in [1.82, 2.24) is 14.9 Å². The van der Waals surface area contributed by atoms with Crippen molar-refractivity contribution >= 4 is 27.5 Å². The fourth-order valence-electron chi connectivity index (χ4n) is 4.46. The molecule has 192 valence electrons. The first-order valence-corrected chi connectivity index (χ1v) is 13.7. The molecule has 2 aliphatic rings. The van der Waals surface area contributed by atoms with E-state index in [2.05, 4.69) is 28.9 Å². The molecule has 3 heterocycles. The number of hydrogen-bond acceptors (Lipinski definition) is 7. The van der Waals surface area contributed by atoms with E-state index in [0.29, 0.717) is 5.56 Å². The molecule has 0 saturated carbocycles. The zero-order chi connectivity index (χ0) is 26.1. The minimum Gasteiger partial charge on any atom is -0.371 e. The van der Waals surface area contributed by atoms with Crippen LogP contribution in [-0.4, -0.2) is 71.7 Å². The average molecular weight is 514 g/mol. The SMILES string of the molecule is CC(CCN1Cc2cc(C#Cc3ccc(N4CCC(N)CC4)cc3)cn2C1=O)(C(=O)NO)S(C)(=O)=O. The molecule has 1 aromatic heterocycles. The summed E-state index contributed by atoms with van der Waals surface area (Å²) in [6.07, 6.45) is 4.42. The monoisotopic (exact) mass is 513 g/mol. The number of hydrogen-bond donors (Lipinski definition) is 3. The number of anilines is 1. The molecule has 1 saturated heterocycles. The van der Waals surface area contributed by atoms with Gasteiger partial charge in [0.05, 0.1) is 6.54 Å². The first-order chi connectivity index (χ1) is 17.0. The van der Waals surface area contributed by atoms with E-state index in [0.717, 1.165) is 49.1 Å². The van der Waals surface area contributed by atoms with Gasteiger partial charge in [-0.2, -0.15) is 0 Å². The summed E-state index contributed by atoms with van der Waals surface area (Å²) in [6.45, 7) is 3.45. The quantitative estimate of drug-likeness (QED) is 0.301. The molecule has 4 N–H and O–H groups in total. The molecule has 10 nitrogen and oxygen atoms in total. The number of rotatable bonds is 6. The van der Waals surface area contributed by atoms with Crippen LogP contribution < -0.4 is 16.1 Å². The molecule has 4 rings (SSSR count). The van der Waals surface area contributed by atoms with Crippen LogP contribution in [0.15, 0.2) is 36.5 Å². The average Bonchev–Trinajstić information content (AvgIpc) is 3.39. The molecular formula is C25H31N5O5S. The van der Waals surface area contributed by atoms with Crippen molar-refractivity contribution < 1.29 is 23.2 Å². The number of hydroxylamine groups is 1. The van der Waals surface area contributed by atoms with E-state index in [9.17, 15) is 18.0 Å². The lowest BCUT2D eigenvalue weighted by Gasteiger charge is -2.32. The van der Waals surface area contributed by atoms with Crippen LogP contribution in [0, 0.1) is 11.8 Å². The fraction of sp³-hybridized carbons (Fsp3) is 0.440. The predicted octanol–water partition coefficient (Wildman–Crippen LogP) is 1.30. The third kappa shape index (κ3) is 5.11. The number of nitrogens with one attached hydrogen (secondary N) is 1. The van der Waals surface area contributed by atoms with Crippen molar-refractivity contribution in [2.45, 2.75) is 43.5 Å². The summed E-state index contributed by atoms with van der Waals surface area (Å²) < 4.78 is 23.9. The van der Waals surface area contributed by atoms with E-state index in [1.54, 1.807) is 6.20 Å². The van der Waals surface area contributed by atoms with Gasteiger partial charge in [0, 0.05) is 60.6 Å². The maximum atomic E-state index is 12.8. The van der Waals surface area contributed by atoms with Crippen LogP contribution in [0.25, 0.3) is 0 Å². The second kappa shape index (κ2) is 9.97. The second-order valence-corrected chi connectivity index (χ2v) is 12.1. The molecule has 36 heavy (non-hydrogen) atoms. The van der Waals surface area contributed by atoms with Gasteiger partial charge in [-0.3, -0.25) is 14.6 Å². The van der Waals surface area contributed by atoms with Gasteiger partial charge in [-0.15, -0.1) is 0 Å². The van der Waals surface area contributed by atoms with E-state index < -0.39 is 20.5 Å². The van der Waals surface area contributed by atoms with Gasteiger partial charge in [-0.25, -0.2) is 18.7 Å². The number of piperidine rings is 1. The van der Waals surface area contributed by atoms with Crippen LogP contribution in [0.2, 0.25) is 0 Å². The third-order valence-corrected chi connectivity index (χ3v) is 9.14. The van der Waals surface area contributed by atoms with Crippen molar-refractivity contribution in [1.29, 1.82) is 0 Å². The zero-order valence-corrected chi connectivity index (χ0v) is 21.2. The Hall–Kier alpha value is -3.33. The molecule has 0 aliphatic carbocycles. The molecule has 2 aromatic rings. The lowest BCUT2D eigenvalue weighted by molar-refractivity contribution is -0.131. The summed E-state index contributed by atoms with van der Waals surface area (Å²) >= 11 is 0. The van der Waals surface area contributed by atoms with Gasteiger partial charge >= 0.3 is 6.03 Å². The molecule has 1 atom stereocenters. The first kappa shape index (κ1) is 25.8. The van der Waals surface area contributed by atoms with Crippen LogP contribution in [0.5, 0.6) is 0 Å². The minimum atomic E-state index is -3.83. The van der Waals surface area contributed by atoms with Crippen molar-refractivity contribution in [3.63, 3.8) is 0 Å². The molecule has 1 unspecified atom stereocenters. The Morgan fingerprint density at radius 2 is 1.83 bits per heavy atom. The van der Waals surface area contributed by atoms with E-state index in [-0.39, 0.29) is 31.6 Å². The van der Waals surface area contributed by atoms with Gasteiger partial charge in [0.2, 0.25) is 0 Å². The predicted molar refractivity (Wildman–Crippen MR) is 135 cm³/mol. The molecule has 2 amide bonds. The topological polar surface area (TPSA) is 138 Å². The Morgan fingerprint density at radius 1 is 1.19 bits per heavy atom. The molecule has 2 aliphatic heterocycles. The number of benzene rings is 1. The third-order valence-electron chi connectivity index (χ3n) is 7.11. The van der Waals surface area contributed by atoms with Gasteiger partial charge in [0.25, 0.3) is 5.91 Å². The van der Waals surface area contributed by atoms with Crippen LogP contribution in [0.3, 0.4) is 0 Å². The molecule has 11 heteroatoms. The normalized spacial score (nSPS) is 17.8. The highest BCUT2D eigenvalue weighted by Gasteiger charge is 2.44. The summed E-state index contributed by atoms with van der Waals surface area (Å²) in [5.74, 6) is 5.20. The van der Waals surface area contributed by atoms with Gasteiger partial charge in [0.1, 0.15) is 0 Å². The number of nitrogens with zero attached hydrogens (tertiary/aromatic N) is 3. The van der Waals surface area contributed by atoms with Gasteiger partial charge in [-0.05, 0) is 56.5 Å². The summed E-state index contributed by atoms with van der Waals surface area (Å²) in [4.78, 5) is 28.6. The van der Waals surface area contributed by atoms with Crippen LogP contribution >= 0.6 is 0 Å². The van der Waals surface area contributed by atoms with Crippen molar-refractivity contribution in [2.24, 2.45) is 5.73 Å². The summed E-state index contributed by atoms with van der Waals surface area (Å²) in [5.41, 5.74) is 10.9. The minimum absolute atomic E-state index is 0.0355. The number of aromatic nitrogens is 1. The van der Waals surface area contributed by atoms with Crippen LogP contribution in [0.1, 0.15) is 43.0 Å².